The van der Waals surface area contributed by atoms with Crippen LogP contribution in [0.15, 0.2) is 72.5 Å². The molecule has 0 aromatic heterocycles. The maximum Gasteiger partial charge on any atom is 0.308 e. The SMILES string of the molecule is CC(=O)OC(/C=C/c1ccccc1)=C1/C=Cc2ccccc21. The maximum atomic E-state index is 11.4. The van der Waals surface area contributed by atoms with Crippen LogP contribution in [0.1, 0.15) is 23.6 Å². The van der Waals surface area contributed by atoms with Gasteiger partial charge in [0.1, 0.15) is 5.76 Å². The van der Waals surface area contributed by atoms with Crippen molar-refractivity contribution in [1.29, 1.82) is 0 Å². The van der Waals surface area contributed by atoms with Crippen molar-refractivity contribution in [1.82, 2.24) is 0 Å². The third kappa shape index (κ3) is 3.07. The lowest BCUT2D eigenvalue weighted by molar-refractivity contribution is -0.136. The van der Waals surface area contributed by atoms with E-state index in [9.17, 15) is 4.79 Å². The molecule has 22 heavy (non-hydrogen) atoms. The third-order valence-electron chi connectivity index (χ3n) is 3.43. The molecule has 0 N–H and O–H groups in total. The standard InChI is InChI=1S/C20H16O2/c1-15(21)22-20(14-11-16-7-3-2-4-8-16)19-13-12-17-9-5-6-10-18(17)19/h2-14H,1H3/b14-11+,20-19-. The van der Waals surface area contributed by atoms with Gasteiger partial charge in [0, 0.05) is 12.5 Å². The number of esters is 1. The molecule has 0 radical (unpaired) electrons. The number of allylic oxidation sites excluding steroid dienone is 3. The molecule has 2 aromatic carbocycles. The van der Waals surface area contributed by atoms with Crippen molar-refractivity contribution < 1.29 is 9.53 Å². The lowest BCUT2D eigenvalue weighted by atomic mass is 10.0. The third-order valence-corrected chi connectivity index (χ3v) is 3.43. The fourth-order valence-corrected chi connectivity index (χ4v) is 2.44. The Morgan fingerprint density at radius 1 is 0.955 bits per heavy atom. The van der Waals surface area contributed by atoms with Crippen molar-refractivity contribution in [2.45, 2.75) is 6.92 Å². The van der Waals surface area contributed by atoms with E-state index in [1.807, 2.05) is 78.9 Å². The summed E-state index contributed by atoms with van der Waals surface area (Å²) >= 11 is 0. The minimum atomic E-state index is -0.321. The van der Waals surface area contributed by atoms with Gasteiger partial charge in [-0.2, -0.15) is 0 Å². The van der Waals surface area contributed by atoms with Gasteiger partial charge in [-0.05, 0) is 28.8 Å². The van der Waals surface area contributed by atoms with Gasteiger partial charge in [0.2, 0.25) is 0 Å². The van der Waals surface area contributed by atoms with Crippen molar-refractivity contribution in [3.8, 4) is 0 Å². The van der Waals surface area contributed by atoms with Crippen molar-refractivity contribution >= 4 is 23.7 Å². The molecule has 0 unspecified atom stereocenters. The zero-order valence-electron chi connectivity index (χ0n) is 12.3. The van der Waals surface area contributed by atoms with E-state index in [1.165, 1.54) is 6.92 Å². The Labute approximate surface area is 130 Å². The topological polar surface area (TPSA) is 26.3 Å². The Hall–Kier alpha value is -2.87. The van der Waals surface area contributed by atoms with E-state index in [-0.39, 0.29) is 5.97 Å². The summed E-state index contributed by atoms with van der Waals surface area (Å²) in [6, 6.07) is 18.0. The Bertz CT molecular complexity index is 780. The van der Waals surface area contributed by atoms with Crippen LogP contribution in [0.2, 0.25) is 0 Å². The summed E-state index contributed by atoms with van der Waals surface area (Å²) in [5, 5.41) is 0. The normalized spacial score (nSPS) is 15.0. The first-order valence-electron chi connectivity index (χ1n) is 7.17. The van der Waals surface area contributed by atoms with E-state index >= 15 is 0 Å². The molecule has 0 heterocycles. The van der Waals surface area contributed by atoms with E-state index in [0.29, 0.717) is 5.76 Å². The number of carbonyl (C=O) groups excluding carboxylic acids is 1. The molecule has 1 aliphatic carbocycles. The molecule has 0 saturated carbocycles. The summed E-state index contributed by atoms with van der Waals surface area (Å²) in [6.07, 6.45) is 7.81. The molecule has 108 valence electrons. The molecule has 2 heteroatoms. The Morgan fingerprint density at radius 2 is 1.68 bits per heavy atom. The summed E-state index contributed by atoms with van der Waals surface area (Å²) in [6.45, 7) is 1.42. The van der Waals surface area contributed by atoms with E-state index < -0.39 is 0 Å². The molecule has 0 saturated heterocycles. The molecular formula is C20H16O2. The van der Waals surface area contributed by atoms with Gasteiger partial charge in [-0.1, -0.05) is 66.7 Å². The minimum Gasteiger partial charge on any atom is -0.426 e. The lowest BCUT2D eigenvalue weighted by Crippen LogP contribution is -1.99. The second-order valence-corrected chi connectivity index (χ2v) is 5.04. The Morgan fingerprint density at radius 3 is 2.45 bits per heavy atom. The smallest absolute Gasteiger partial charge is 0.308 e. The van der Waals surface area contributed by atoms with E-state index in [1.54, 1.807) is 0 Å². The molecular weight excluding hydrogens is 272 g/mol. The molecule has 3 rings (SSSR count). The lowest BCUT2D eigenvalue weighted by Gasteiger charge is -2.08. The Balaban J connectivity index is 2.01. The van der Waals surface area contributed by atoms with Crippen LogP contribution in [0.4, 0.5) is 0 Å². The summed E-state index contributed by atoms with van der Waals surface area (Å²) in [5.74, 6) is 0.246. The number of hydrogen-bond donors (Lipinski definition) is 0. The number of carbonyl (C=O) groups is 1. The van der Waals surface area contributed by atoms with Crippen molar-refractivity contribution in [3.05, 3.63) is 89.2 Å². The van der Waals surface area contributed by atoms with Gasteiger partial charge in [0.05, 0.1) is 0 Å². The first-order valence-corrected chi connectivity index (χ1v) is 7.17. The number of hydrogen-bond acceptors (Lipinski definition) is 2. The first-order chi connectivity index (χ1) is 10.7. The average molecular weight is 288 g/mol. The Kier molecular flexibility index (Phi) is 4.01. The monoisotopic (exact) mass is 288 g/mol. The second kappa shape index (κ2) is 6.27. The predicted octanol–water partition coefficient (Wildman–Crippen LogP) is 4.70. The van der Waals surface area contributed by atoms with Gasteiger partial charge in [0.15, 0.2) is 0 Å². The molecule has 0 fully saturated rings. The van der Waals surface area contributed by atoms with Crippen LogP contribution in [0.5, 0.6) is 0 Å². The van der Waals surface area contributed by atoms with Crippen LogP contribution in [0, 0.1) is 0 Å². The molecule has 2 aromatic rings. The van der Waals surface area contributed by atoms with Crippen LogP contribution >= 0.6 is 0 Å². The van der Waals surface area contributed by atoms with Gasteiger partial charge in [-0.15, -0.1) is 0 Å². The van der Waals surface area contributed by atoms with Crippen LogP contribution in [0.3, 0.4) is 0 Å². The van der Waals surface area contributed by atoms with E-state index in [2.05, 4.69) is 0 Å². The molecule has 0 spiro atoms. The van der Waals surface area contributed by atoms with Crippen molar-refractivity contribution in [3.63, 3.8) is 0 Å². The molecule has 0 aliphatic heterocycles. The van der Waals surface area contributed by atoms with Crippen LogP contribution < -0.4 is 0 Å². The number of benzene rings is 2. The summed E-state index contributed by atoms with van der Waals surface area (Å²) in [4.78, 5) is 11.4. The number of fused-ring (bicyclic) bond motifs is 1. The number of rotatable bonds is 3. The van der Waals surface area contributed by atoms with Gasteiger partial charge in [-0.25, -0.2) is 0 Å². The molecule has 1 aliphatic rings. The number of ether oxygens (including phenoxy) is 1. The van der Waals surface area contributed by atoms with Gasteiger partial charge < -0.3 is 4.74 Å². The summed E-state index contributed by atoms with van der Waals surface area (Å²) in [5.41, 5.74) is 4.20. The highest BCUT2D eigenvalue weighted by Gasteiger charge is 2.15. The molecule has 0 bridgehead atoms. The largest absolute Gasteiger partial charge is 0.426 e. The summed E-state index contributed by atoms with van der Waals surface area (Å²) in [7, 11) is 0. The highest BCUT2D eigenvalue weighted by Crippen LogP contribution is 2.32. The fourth-order valence-electron chi connectivity index (χ4n) is 2.44. The molecule has 0 atom stereocenters. The second-order valence-electron chi connectivity index (χ2n) is 5.04. The average Bonchev–Trinajstić information content (AvgIpc) is 2.96. The zero-order chi connectivity index (χ0) is 15.4. The molecule has 2 nitrogen and oxygen atoms in total. The first kappa shape index (κ1) is 14.1. The van der Waals surface area contributed by atoms with Gasteiger partial charge in [0.25, 0.3) is 0 Å². The minimum absolute atomic E-state index is 0.321. The van der Waals surface area contributed by atoms with Crippen molar-refractivity contribution in [2.75, 3.05) is 0 Å². The van der Waals surface area contributed by atoms with Gasteiger partial charge >= 0.3 is 5.97 Å². The van der Waals surface area contributed by atoms with Crippen molar-refractivity contribution in [2.24, 2.45) is 0 Å². The van der Waals surface area contributed by atoms with Crippen LogP contribution in [0.25, 0.3) is 17.7 Å². The predicted molar refractivity (Wildman–Crippen MR) is 89.6 cm³/mol. The van der Waals surface area contributed by atoms with Crippen LogP contribution in [-0.2, 0) is 9.53 Å². The fraction of sp³-hybridized carbons (Fsp3) is 0.0500. The quantitative estimate of drug-likeness (QED) is 0.604. The highest BCUT2D eigenvalue weighted by molar-refractivity contribution is 5.92. The molecule has 0 amide bonds. The summed E-state index contributed by atoms with van der Waals surface area (Å²) < 4.78 is 5.42. The van der Waals surface area contributed by atoms with Gasteiger partial charge in [-0.3, -0.25) is 4.79 Å². The van der Waals surface area contributed by atoms with E-state index in [4.69, 9.17) is 4.74 Å². The van der Waals surface area contributed by atoms with Crippen LogP contribution in [-0.4, -0.2) is 5.97 Å². The highest BCUT2D eigenvalue weighted by atomic mass is 16.5. The zero-order valence-corrected chi connectivity index (χ0v) is 12.3. The maximum absolute atomic E-state index is 11.4. The van der Waals surface area contributed by atoms with E-state index in [0.717, 1.165) is 22.3 Å².